The van der Waals surface area contributed by atoms with Crippen LogP contribution in [-0.2, 0) is 11.3 Å². The van der Waals surface area contributed by atoms with Crippen molar-refractivity contribution in [1.29, 1.82) is 0 Å². The van der Waals surface area contributed by atoms with Crippen molar-refractivity contribution in [3.05, 3.63) is 21.8 Å². The van der Waals surface area contributed by atoms with E-state index in [0.717, 1.165) is 31.3 Å². The van der Waals surface area contributed by atoms with Gasteiger partial charge in [-0.3, -0.25) is 14.2 Å². The third kappa shape index (κ3) is 3.17. The van der Waals surface area contributed by atoms with Gasteiger partial charge in [-0.25, -0.2) is 4.98 Å². The number of carbonyl (C=O) groups is 1. The molecular formula is C16H21N3O2S2. The molecule has 1 amide bonds. The van der Waals surface area contributed by atoms with E-state index in [0.29, 0.717) is 15.9 Å². The average molecular weight is 351 g/mol. The highest BCUT2D eigenvalue weighted by Crippen LogP contribution is 2.22. The molecule has 2 aromatic rings. The van der Waals surface area contributed by atoms with E-state index in [1.165, 1.54) is 34.1 Å². The number of nitrogens with zero attached hydrogens (tertiary/aromatic N) is 3. The zero-order valence-corrected chi connectivity index (χ0v) is 15.1. The third-order valence-corrected chi connectivity index (χ3v) is 5.99. The van der Waals surface area contributed by atoms with Crippen LogP contribution in [0.3, 0.4) is 0 Å². The molecular weight excluding hydrogens is 330 g/mol. The van der Waals surface area contributed by atoms with Crippen LogP contribution in [0, 0.1) is 0 Å². The van der Waals surface area contributed by atoms with Crippen LogP contribution < -0.4 is 5.56 Å². The van der Waals surface area contributed by atoms with Crippen molar-refractivity contribution in [3.8, 4) is 0 Å². The summed E-state index contributed by atoms with van der Waals surface area (Å²) in [5.74, 6) is 0.0339. The zero-order chi connectivity index (χ0) is 16.4. The van der Waals surface area contributed by atoms with E-state index < -0.39 is 0 Å². The Morgan fingerprint density at radius 3 is 3.04 bits per heavy atom. The summed E-state index contributed by atoms with van der Waals surface area (Å²) in [5, 5.41) is 2.48. The van der Waals surface area contributed by atoms with Crippen molar-refractivity contribution in [1.82, 2.24) is 14.5 Å². The maximum Gasteiger partial charge on any atom is 0.272 e. The molecule has 0 saturated carbocycles. The van der Waals surface area contributed by atoms with Gasteiger partial charge in [0.25, 0.3) is 5.56 Å². The van der Waals surface area contributed by atoms with Gasteiger partial charge in [-0.2, -0.15) is 0 Å². The SMILES string of the molecule is CC[C@@H]1CCCCN1C(=O)Cn1c(SC)nc2ccsc2c1=O. The highest BCUT2D eigenvalue weighted by Gasteiger charge is 2.26. The Hall–Kier alpha value is -1.34. The number of aromatic nitrogens is 2. The zero-order valence-electron chi connectivity index (χ0n) is 13.4. The van der Waals surface area contributed by atoms with E-state index in [1.54, 1.807) is 0 Å². The summed E-state index contributed by atoms with van der Waals surface area (Å²) in [6, 6.07) is 2.16. The maximum absolute atomic E-state index is 12.8. The first-order valence-electron chi connectivity index (χ1n) is 7.97. The molecule has 1 aliphatic rings. The molecule has 1 aliphatic heterocycles. The first-order chi connectivity index (χ1) is 11.2. The molecule has 0 spiro atoms. The van der Waals surface area contributed by atoms with E-state index in [1.807, 2.05) is 22.6 Å². The van der Waals surface area contributed by atoms with Crippen LogP contribution in [0.15, 0.2) is 21.4 Å². The number of amides is 1. The lowest BCUT2D eigenvalue weighted by Crippen LogP contribution is -2.46. The Bertz CT molecular complexity index is 768. The van der Waals surface area contributed by atoms with Gasteiger partial charge < -0.3 is 4.90 Å². The van der Waals surface area contributed by atoms with Crippen LogP contribution >= 0.6 is 23.1 Å². The Labute approximate surface area is 143 Å². The third-order valence-electron chi connectivity index (χ3n) is 4.43. The number of hydrogen-bond acceptors (Lipinski definition) is 5. The maximum atomic E-state index is 12.8. The summed E-state index contributed by atoms with van der Waals surface area (Å²) < 4.78 is 2.16. The highest BCUT2D eigenvalue weighted by molar-refractivity contribution is 7.98. The van der Waals surface area contributed by atoms with Gasteiger partial charge in [-0.15, -0.1) is 11.3 Å². The quantitative estimate of drug-likeness (QED) is 0.628. The van der Waals surface area contributed by atoms with Crippen molar-refractivity contribution in [3.63, 3.8) is 0 Å². The van der Waals surface area contributed by atoms with Crippen molar-refractivity contribution in [2.24, 2.45) is 0 Å². The fourth-order valence-corrected chi connectivity index (χ4v) is 4.53. The van der Waals surface area contributed by atoms with E-state index >= 15 is 0 Å². The van der Waals surface area contributed by atoms with Gasteiger partial charge >= 0.3 is 0 Å². The summed E-state index contributed by atoms with van der Waals surface area (Å²) in [6.07, 6.45) is 6.15. The topological polar surface area (TPSA) is 55.2 Å². The van der Waals surface area contributed by atoms with Gasteiger partial charge in [0.05, 0.1) is 5.52 Å². The molecule has 23 heavy (non-hydrogen) atoms. The summed E-state index contributed by atoms with van der Waals surface area (Å²) in [4.78, 5) is 31.9. The predicted molar refractivity (Wildman–Crippen MR) is 95.3 cm³/mol. The number of thiophene rings is 1. The van der Waals surface area contributed by atoms with E-state index in [4.69, 9.17) is 0 Å². The fourth-order valence-electron chi connectivity index (χ4n) is 3.20. The second kappa shape index (κ2) is 7.05. The van der Waals surface area contributed by atoms with Crippen LogP contribution in [0.4, 0.5) is 0 Å². The largest absolute Gasteiger partial charge is 0.338 e. The molecule has 5 nitrogen and oxygen atoms in total. The number of piperidine rings is 1. The van der Waals surface area contributed by atoms with Crippen molar-refractivity contribution in [2.45, 2.75) is 50.4 Å². The molecule has 0 aromatic carbocycles. The van der Waals surface area contributed by atoms with Gasteiger partial charge in [0.2, 0.25) is 5.91 Å². The first-order valence-corrected chi connectivity index (χ1v) is 10.1. The van der Waals surface area contributed by atoms with Gasteiger partial charge in [0.1, 0.15) is 11.2 Å². The smallest absolute Gasteiger partial charge is 0.272 e. The monoisotopic (exact) mass is 351 g/mol. The number of hydrogen-bond donors (Lipinski definition) is 0. The van der Waals surface area contributed by atoms with Crippen molar-refractivity contribution >= 4 is 39.2 Å². The van der Waals surface area contributed by atoms with Gasteiger partial charge in [0.15, 0.2) is 5.16 Å². The molecule has 0 radical (unpaired) electrons. The van der Waals surface area contributed by atoms with Crippen molar-refractivity contribution < 1.29 is 4.79 Å². The van der Waals surface area contributed by atoms with Gasteiger partial charge in [-0.05, 0) is 43.4 Å². The molecule has 0 bridgehead atoms. The molecule has 0 aliphatic carbocycles. The predicted octanol–water partition coefficient (Wildman–Crippen LogP) is 2.97. The lowest BCUT2D eigenvalue weighted by molar-refractivity contribution is -0.135. The Kier molecular flexibility index (Phi) is 5.06. The van der Waals surface area contributed by atoms with E-state index in [-0.39, 0.29) is 18.0 Å². The summed E-state index contributed by atoms with van der Waals surface area (Å²) in [5.41, 5.74) is 0.616. The van der Waals surface area contributed by atoms with Crippen LogP contribution in [0.1, 0.15) is 32.6 Å². The Morgan fingerprint density at radius 2 is 2.30 bits per heavy atom. The molecule has 7 heteroatoms. The molecule has 1 atom stereocenters. The van der Waals surface area contributed by atoms with E-state index in [2.05, 4.69) is 11.9 Å². The van der Waals surface area contributed by atoms with E-state index in [9.17, 15) is 9.59 Å². The summed E-state index contributed by atoms with van der Waals surface area (Å²) >= 11 is 2.79. The summed E-state index contributed by atoms with van der Waals surface area (Å²) in [7, 11) is 0. The van der Waals surface area contributed by atoms with Gasteiger partial charge in [-0.1, -0.05) is 18.7 Å². The minimum atomic E-state index is -0.104. The lowest BCUT2D eigenvalue weighted by atomic mass is 10.00. The molecule has 124 valence electrons. The first kappa shape index (κ1) is 16.5. The minimum absolute atomic E-state index is 0.0339. The lowest BCUT2D eigenvalue weighted by Gasteiger charge is -2.35. The van der Waals surface area contributed by atoms with Crippen LogP contribution in [0.2, 0.25) is 0 Å². The Balaban J connectivity index is 1.92. The fraction of sp³-hybridized carbons (Fsp3) is 0.562. The van der Waals surface area contributed by atoms with Crippen LogP contribution in [-0.4, -0.2) is 39.2 Å². The van der Waals surface area contributed by atoms with Crippen LogP contribution in [0.25, 0.3) is 10.2 Å². The Morgan fingerprint density at radius 1 is 1.48 bits per heavy atom. The molecule has 0 unspecified atom stereocenters. The molecule has 3 heterocycles. The molecule has 3 rings (SSSR count). The summed E-state index contributed by atoms with van der Waals surface area (Å²) in [6.45, 7) is 3.01. The number of likely N-dealkylation sites (tertiary alicyclic amines) is 1. The molecule has 0 N–H and O–H groups in total. The van der Waals surface area contributed by atoms with Gasteiger partial charge in [0, 0.05) is 12.6 Å². The highest BCUT2D eigenvalue weighted by atomic mass is 32.2. The number of rotatable bonds is 4. The second-order valence-corrected chi connectivity index (χ2v) is 7.46. The standard InChI is InChI=1S/C16H21N3O2S2/c1-3-11-6-4-5-8-18(11)13(20)10-19-15(21)14-12(7-9-23-14)17-16(19)22-2/h7,9,11H,3-6,8,10H2,1-2H3/t11-/m1/s1. The second-order valence-electron chi connectivity index (χ2n) is 5.77. The number of carbonyl (C=O) groups excluding carboxylic acids is 1. The molecule has 2 aromatic heterocycles. The average Bonchev–Trinajstić information content (AvgIpc) is 3.05. The molecule has 1 saturated heterocycles. The number of thioether (sulfide) groups is 1. The number of fused-ring (bicyclic) bond motifs is 1. The molecule has 1 fully saturated rings. The van der Waals surface area contributed by atoms with Crippen LogP contribution in [0.5, 0.6) is 0 Å². The van der Waals surface area contributed by atoms with Crippen molar-refractivity contribution in [2.75, 3.05) is 12.8 Å². The minimum Gasteiger partial charge on any atom is -0.338 e. The normalized spacial score (nSPS) is 18.5.